The van der Waals surface area contributed by atoms with Gasteiger partial charge >= 0.3 is 6.09 Å². The largest absolute Gasteiger partial charge is 0.444 e. The Morgan fingerprint density at radius 1 is 1.21 bits per heavy atom. The zero-order valence-electron chi connectivity index (χ0n) is 17.3. The molecule has 7 nitrogen and oxygen atoms in total. The van der Waals surface area contributed by atoms with Gasteiger partial charge in [0.25, 0.3) is 10.1 Å². The van der Waals surface area contributed by atoms with Gasteiger partial charge in [0.1, 0.15) is 5.60 Å². The monoisotopic (exact) mass is 420 g/mol. The minimum absolute atomic E-state index is 0.0744. The van der Waals surface area contributed by atoms with Crippen LogP contribution in [-0.4, -0.2) is 43.7 Å². The SMILES string of the molecule is Cc1ccc(S(=O)(=O)OCC2(C#N)C[C@H]3CC[C@@H](C2)N3C(=O)OC(C)(C)C)cc1. The Kier molecular flexibility index (Phi) is 5.67. The van der Waals surface area contributed by atoms with E-state index in [1.807, 2.05) is 27.7 Å². The second-order valence-corrected chi connectivity index (χ2v) is 10.7. The number of aryl methyl sites for hydroxylation is 1. The van der Waals surface area contributed by atoms with Crippen LogP contribution in [0.3, 0.4) is 0 Å². The van der Waals surface area contributed by atoms with Gasteiger partial charge in [-0.2, -0.15) is 13.7 Å². The molecule has 3 rings (SSSR count). The molecule has 0 radical (unpaired) electrons. The number of amides is 1. The molecule has 2 aliphatic heterocycles. The summed E-state index contributed by atoms with van der Waals surface area (Å²) in [4.78, 5) is 14.4. The molecule has 2 aliphatic rings. The lowest BCUT2D eigenvalue weighted by molar-refractivity contribution is -0.00982. The Bertz CT molecular complexity index is 898. The van der Waals surface area contributed by atoms with Crippen molar-refractivity contribution in [1.29, 1.82) is 5.26 Å². The smallest absolute Gasteiger partial charge is 0.410 e. The standard InChI is InChI=1S/C21H28N2O5S/c1-15-5-9-18(10-6-15)29(25,26)27-14-21(13-22)11-16-7-8-17(12-21)23(16)19(24)28-20(2,3)4/h5-6,9-10,16-17H,7-8,11-12,14H2,1-4H3/t16-,17+,21?. The van der Waals surface area contributed by atoms with Crippen molar-refractivity contribution in [2.24, 2.45) is 5.41 Å². The van der Waals surface area contributed by atoms with Crippen molar-refractivity contribution in [1.82, 2.24) is 4.90 Å². The topological polar surface area (TPSA) is 96.7 Å². The highest BCUT2D eigenvalue weighted by atomic mass is 32.2. The summed E-state index contributed by atoms with van der Waals surface area (Å²) in [7, 11) is -3.95. The first-order valence-corrected chi connectivity index (χ1v) is 11.2. The molecule has 1 unspecified atom stereocenters. The first-order chi connectivity index (χ1) is 13.4. The third kappa shape index (κ3) is 4.73. The van der Waals surface area contributed by atoms with E-state index in [0.29, 0.717) is 12.8 Å². The molecule has 0 aliphatic carbocycles. The number of ether oxygens (including phenoxy) is 1. The number of benzene rings is 1. The highest BCUT2D eigenvalue weighted by Gasteiger charge is 2.52. The number of fused-ring (bicyclic) bond motifs is 2. The van der Waals surface area contributed by atoms with Gasteiger partial charge in [0.05, 0.1) is 23.0 Å². The predicted octanol–water partition coefficient (Wildman–Crippen LogP) is 3.77. The molecule has 0 N–H and O–H groups in total. The van der Waals surface area contributed by atoms with Crippen LogP contribution >= 0.6 is 0 Å². The van der Waals surface area contributed by atoms with Gasteiger partial charge in [-0.25, -0.2) is 4.79 Å². The molecular weight excluding hydrogens is 392 g/mol. The van der Waals surface area contributed by atoms with E-state index in [1.54, 1.807) is 17.0 Å². The fourth-order valence-corrected chi connectivity index (χ4v) is 5.15. The van der Waals surface area contributed by atoms with Crippen LogP contribution in [0, 0.1) is 23.7 Å². The van der Waals surface area contributed by atoms with E-state index < -0.39 is 21.1 Å². The van der Waals surface area contributed by atoms with Gasteiger partial charge in [0.15, 0.2) is 0 Å². The van der Waals surface area contributed by atoms with Crippen molar-refractivity contribution in [2.45, 2.75) is 76.0 Å². The number of carbonyl (C=O) groups excluding carboxylic acids is 1. The zero-order valence-corrected chi connectivity index (χ0v) is 18.2. The number of piperidine rings is 1. The zero-order chi connectivity index (χ0) is 21.4. The molecule has 2 fully saturated rings. The molecule has 2 heterocycles. The van der Waals surface area contributed by atoms with Crippen LogP contribution in [0.25, 0.3) is 0 Å². The maximum atomic E-state index is 12.6. The number of nitriles is 1. The number of hydrogen-bond acceptors (Lipinski definition) is 6. The van der Waals surface area contributed by atoms with E-state index in [4.69, 9.17) is 8.92 Å². The van der Waals surface area contributed by atoms with Crippen LogP contribution in [0.5, 0.6) is 0 Å². The Balaban J connectivity index is 1.71. The summed E-state index contributed by atoms with van der Waals surface area (Å²) in [6.07, 6.45) is 1.94. The van der Waals surface area contributed by atoms with Crippen LogP contribution < -0.4 is 0 Å². The first kappa shape index (κ1) is 21.6. The van der Waals surface area contributed by atoms with E-state index in [0.717, 1.165) is 18.4 Å². The van der Waals surface area contributed by atoms with Crippen molar-refractivity contribution < 1.29 is 22.1 Å². The molecule has 0 saturated carbocycles. The molecule has 8 heteroatoms. The van der Waals surface area contributed by atoms with Crippen molar-refractivity contribution in [2.75, 3.05) is 6.61 Å². The predicted molar refractivity (Wildman–Crippen MR) is 106 cm³/mol. The maximum Gasteiger partial charge on any atom is 0.410 e. The van der Waals surface area contributed by atoms with Crippen LogP contribution in [0.15, 0.2) is 29.2 Å². The van der Waals surface area contributed by atoms with E-state index in [9.17, 15) is 18.5 Å². The molecule has 2 saturated heterocycles. The molecule has 158 valence electrons. The van der Waals surface area contributed by atoms with Gasteiger partial charge in [0.2, 0.25) is 0 Å². The summed E-state index contributed by atoms with van der Waals surface area (Å²) in [5, 5.41) is 9.86. The van der Waals surface area contributed by atoms with Gasteiger partial charge in [-0.05, 0) is 65.5 Å². The summed E-state index contributed by atoms with van der Waals surface area (Å²) in [5.74, 6) is 0. The maximum absolute atomic E-state index is 12.6. The van der Waals surface area contributed by atoms with Gasteiger partial charge in [-0.3, -0.25) is 4.18 Å². The summed E-state index contributed by atoms with van der Waals surface area (Å²) in [6.45, 7) is 7.12. The molecular formula is C21H28N2O5S. The quantitative estimate of drug-likeness (QED) is 0.688. The lowest BCUT2D eigenvalue weighted by atomic mass is 9.77. The molecule has 1 amide bonds. The number of hydrogen-bond donors (Lipinski definition) is 0. The highest BCUT2D eigenvalue weighted by Crippen LogP contribution is 2.46. The Labute approximate surface area is 172 Å². The average Bonchev–Trinajstić information content (AvgIpc) is 2.91. The second kappa shape index (κ2) is 7.62. The normalized spacial score (nSPS) is 26.8. The van der Waals surface area contributed by atoms with Crippen LogP contribution in [0.4, 0.5) is 4.79 Å². The lowest BCUT2D eigenvalue weighted by Crippen LogP contribution is -2.52. The fourth-order valence-electron chi connectivity index (χ4n) is 4.16. The average molecular weight is 421 g/mol. The van der Waals surface area contributed by atoms with Crippen molar-refractivity contribution in [3.05, 3.63) is 29.8 Å². The fraction of sp³-hybridized carbons (Fsp3) is 0.619. The Hall–Kier alpha value is -2.11. The molecule has 29 heavy (non-hydrogen) atoms. The summed E-state index contributed by atoms with van der Waals surface area (Å²) in [5.41, 5.74) is -0.586. The van der Waals surface area contributed by atoms with Crippen molar-refractivity contribution in [3.63, 3.8) is 0 Å². The third-order valence-electron chi connectivity index (χ3n) is 5.51. The van der Waals surface area contributed by atoms with Crippen LogP contribution in [0.1, 0.15) is 52.0 Å². The minimum Gasteiger partial charge on any atom is -0.444 e. The van der Waals surface area contributed by atoms with E-state index >= 15 is 0 Å². The van der Waals surface area contributed by atoms with E-state index in [-0.39, 0.29) is 29.7 Å². The van der Waals surface area contributed by atoms with Gasteiger partial charge in [0, 0.05) is 12.1 Å². The first-order valence-electron chi connectivity index (χ1n) is 9.83. The second-order valence-electron chi connectivity index (χ2n) is 9.10. The summed E-state index contributed by atoms with van der Waals surface area (Å²) < 4.78 is 35.9. The molecule has 2 bridgehead atoms. The molecule has 1 aromatic rings. The van der Waals surface area contributed by atoms with Crippen LogP contribution in [0.2, 0.25) is 0 Å². The van der Waals surface area contributed by atoms with E-state index in [2.05, 4.69) is 6.07 Å². The number of carbonyl (C=O) groups is 1. The van der Waals surface area contributed by atoms with Crippen molar-refractivity contribution >= 4 is 16.2 Å². The Morgan fingerprint density at radius 3 is 2.24 bits per heavy atom. The van der Waals surface area contributed by atoms with E-state index in [1.165, 1.54) is 12.1 Å². The Morgan fingerprint density at radius 2 is 1.76 bits per heavy atom. The van der Waals surface area contributed by atoms with Crippen molar-refractivity contribution in [3.8, 4) is 6.07 Å². The molecule has 3 atom stereocenters. The third-order valence-corrected chi connectivity index (χ3v) is 6.79. The molecule has 0 aromatic heterocycles. The number of rotatable bonds is 4. The van der Waals surface area contributed by atoms with Gasteiger partial charge < -0.3 is 9.64 Å². The highest BCUT2D eigenvalue weighted by molar-refractivity contribution is 7.86. The lowest BCUT2D eigenvalue weighted by Gasteiger charge is -2.42. The molecule has 0 spiro atoms. The summed E-state index contributed by atoms with van der Waals surface area (Å²) in [6, 6.07) is 8.41. The van der Waals surface area contributed by atoms with Gasteiger partial charge in [-0.1, -0.05) is 17.7 Å². The van der Waals surface area contributed by atoms with Crippen LogP contribution in [-0.2, 0) is 19.0 Å². The van der Waals surface area contributed by atoms with Gasteiger partial charge in [-0.15, -0.1) is 0 Å². The number of nitrogens with zero attached hydrogens (tertiary/aromatic N) is 2. The minimum atomic E-state index is -3.95. The molecule has 1 aromatic carbocycles. The summed E-state index contributed by atoms with van der Waals surface area (Å²) >= 11 is 0.